The highest BCUT2D eigenvalue weighted by Gasteiger charge is 2.22. The van der Waals surface area contributed by atoms with E-state index >= 15 is 0 Å². The first-order valence-electron chi connectivity index (χ1n) is 9.42. The molecule has 0 aromatic heterocycles. The molecule has 1 amide bonds. The van der Waals surface area contributed by atoms with E-state index in [-0.39, 0.29) is 16.9 Å². The molecular formula is C23H19N3O6. The first-order chi connectivity index (χ1) is 15.4. The number of nitrogens with one attached hydrogen (secondary N) is 1. The second-order valence-corrected chi connectivity index (χ2v) is 6.64. The summed E-state index contributed by atoms with van der Waals surface area (Å²) >= 11 is 0. The quantitative estimate of drug-likeness (QED) is 0.198. The zero-order chi connectivity index (χ0) is 23.1. The highest BCUT2D eigenvalue weighted by molar-refractivity contribution is 5.96. The Hall–Kier alpha value is -4.53. The van der Waals surface area contributed by atoms with Gasteiger partial charge in [0, 0.05) is 17.2 Å². The summed E-state index contributed by atoms with van der Waals surface area (Å²) in [5.74, 6) is -0.916. The van der Waals surface area contributed by atoms with Gasteiger partial charge in [-0.25, -0.2) is 10.2 Å². The van der Waals surface area contributed by atoms with Crippen molar-refractivity contribution in [1.82, 2.24) is 5.43 Å². The number of nitrogens with zero attached hydrogens (tertiary/aromatic N) is 2. The minimum atomic E-state index is -0.750. The fourth-order valence-corrected chi connectivity index (χ4v) is 2.79. The number of carbonyl (C=O) groups excluding carboxylic acids is 2. The van der Waals surface area contributed by atoms with Crippen LogP contribution in [0.5, 0.6) is 11.5 Å². The van der Waals surface area contributed by atoms with Crippen molar-refractivity contribution in [2.75, 3.05) is 7.11 Å². The van der Waals surface area contributed by atoms with Crippen molar-refractivity contribution in [2.45, 2.75) is 6.92 Å². The van der Waals surface area contributed by atoms with E-state index in [1.807, 2.05) is 13.0 Å². The Morgan fingerprint density at radius 3 is 2.41 bits per heavy atom. The van der Waals surface area contributed by atoms with E-state index in [0.717, 1.165) is 5.56 Å². The smallest absolute Gasteiger partial charge is 0.343 e. The molecule has 162 valence electrons. The maximum Gasteiger partial charge on any atom is 0.343 e. The maximum absolute atomic E-state index is 12.5. The number of esters is 1. The van der Waals surface area contributed by atoms with E-state index < -0.39 is 22.5 Å². The summed E-state index contributed by atoms with van der Waals surface area (Å²) in [7, 11) is 1.52. The molecule has 9 heteroatoms. The van der Waals surface area contributed by atoms with Crippen molar-refractivity contribution in [3.8, 4) is 11.5 Å². The SMILES string of the molecule is COc1ccc(C(=O)N/N=C/c2cccc([N+](=O)[O-])c2OC(=O)c2cccc(C)c2)cc1. The average molecular weight is 433 g/mol. The van der Waals surface area contributed by atoms with Crippen molar-refractivity contribution in [3.05, 3.63) is 99.1 Å². The van der Waals surface area contributed by atoms with Gasteiger partial charge in [0.25, 0.3) is 5.91 Å². The van der Waals surface area contributed by atoms with Gasteiger partial charge >= 0.3 is 11.7 Å². The molecule has 0 saturated carbocycles. The maximum atomic E-state index is 12.5. The van der Waals surface area contributed by atoms with Gasteiger partial charge < -0.3 is 9.47 Å². The Balaban J connectivity index is 1.82. The van der Waals surface area contributed by atoms with Crippen molar-refractivity contribution in [3.63, 3.8) is 0 Å². The molecule has 0 saturated heterocycles. The summed E-state index contributed by atoms with van der Waals surface area (Å²) < 4.78 is 10.4. The van der Waals surface area contributed by atoms with Crippen LogP contribution < -0.4 is 14.9 Å². The van der Waals surface area contributed by atoms with Gasteiger partial charge in [-0.2, -0.15) is 5.10 Å². The van der Waals surface area contributed by atoms with Crippen LogP contribution in [0, 0.1) is 17.0 Å². The molecule has 0 aliphatic heterocycles. The van der Waals surface area contributed by atoms with Crippen LogP contribution in [-0.2, 0) is 0 Å². The molecule has 32 heavy (non-hydrogen) atoms. The molecule has 3 rings (SSSR count). The van der Waals surface area contributed by atoms with Gasteiger partial charge in [0.05, 0.1) is 23.8 Å². The van der Waals surface area contributed by atoms with Crippen molar-refractivity contribution >= 4 is 23.8 Å². The molecule has 0 radical (unpaired) electrons. The van der Waals surface area contributed by atoms with E-state index in [1.54, 1.807) is 42.5 Å². The molecule has 0 bridgehead atoms. The van der Waals surface area contributed by atoms with E-state index in [0.29, 0.717) is 11.3 Å². The predicted molar refractivity (Wildman–Crippen MR) is 117 cm³/mol. The molecular weight excluding hydrogens is 414 g/mol. The summed E-state index contributed by atoms with van der Waals surface area (Å²) in [6.45, 7) is 1.81. The molecule has 3 aromatic carbocycles. The van der Waals surface area contributed by atoms with Gasteiger partial charge in [-0.1, -0.05) is 23.8 Å². The Morgan fingerprint density at radius 2 is 1.75 bits per heavy atom. The number of ether oxygens (including phenoxy) is 2. The van der Waals surface area contributed by atoms with E-state index in [1.165, 1.54) is 31.5 Å². The summed E-state index contributed by atoms with van der Waals surface area (Å²) in [6.07, 6.45) is 1.17. The molecule has 0 spiro atoms. The average Bonchev–Trinajstić information content (AvgIpc) is 2.79. The second kappa shape index (κ2) is 9.98. The van der Waals surface area contributed by atoms with Crippen molar-refractivity contribution in [2.24, 2.45) is 5.10 Å². The third kappa shape index (κ3) is 5.33. The number of rotatable bonds is 7. The number of benzene rings is 3. The van der Waals surface area contributed by atoms with Gasteiger partial charge in [0.2, 0.25) is 5.75 Å². The third-order valence-electron chi connectivity index (χ3n) is 4.39. The first-order valence-corrected chi connectivity index (χ1v) is 9.42. The van der Waals surface area contributed by atoms with Gasteiger partial charge in [-0.15, -0.1) is 0 Å². The topological polar surface area (TPSA) is 120 Å². The minimum absolute atomic E-state index is 0.148. The zero-order valence-corrected chi connectivity index (χ0v) is 17.3. The Kier molecular flexibility index (Phi) is 6.92. The normalized spacial score (nSPS) is 10.6. The summed E-state index contributed by atoms with van der Waals surface area (Å²) in [4.78, 5) is 35.6. The van der Waals surface area contributed by atoms with Crippen LogP contribution in [0.25, 0.3) is 0 Å². The molecule has 0 heterocycles. The number of methoxy groups -OCH3 is 1. The number of nitro benzene ring substituents is 1. The number of nitro groups is 1. The van der Waals surface area contributed by atoms with Gasteiger partial charge in [0.15, 0.2) is 0 Å². The van der Waals surface area contributed by atoms with Crippen molar-refractivity contribution < 1.29 is 24.0 Å². The lowest BCUT2D eigenvalue weighted by Gasteiger charge is -2.08. The van der Waals surface area contributed by atoms with E-state index in [2.05, 4.69) is 10.5 Å². The molecule has 0 unspecified atom stereocenters. The standard InChI is InChI=1S/C23H19N3O6/c1-15-5-3-6-17(13-15)23(28)32-21-18(7-4-8-20(21)26(29)30)14-24-25-22(27)16-9-11-19(31-2)12-10-16/h3-14H,1-2H3,(H,25,27)/b24-14+. The largest absolute Gasteiger partial charge is 0.497 e. The molecule has 1 N–H and O–H groups in total. The fourth-order valence-electron chi connectivity index (χ4n) is 2.79. The van der Waals surface area contributed by atoms with Crippen LogP contribution in [0.2, 0.25) is 0 Å². The summed E-state index contributed by atoms with van der Waals surface area (Å²) in [5.41, 5.74) is 3.50. The minimum Gasteiger partial charge on any atom is -0.497 e. The lowest BCUT2D eigenvalue weighted by atomic mass is 10.1. The number of amides is 1. The number of hydrogen-bond donors (Lipinski definition) is 1. The van der Waals surface area contributed by atoms with Crippen LogP contribution >= 0.6 is 0 Å². The Labute approximate surface area is 183 Å². The number of hydrogen-bond acceptors (Lipinski definition) is 7. The van der Waals surface area contributed by atoms with Crippen LogP contribution in [0.15, 0.2) is 71.8 Å². The summed E-state index contributed by atoms with van der Waals surface area (Å²) in [5, 5.41) is 15.3. The van der Waals surface area contributed by atoms with Crippen LogP contribution in [-0.4, -0.2) is 30.1 Å². The van der Waals surface area contributed by atoms with Gasteiger partial charge in [0.1, 0.15) is 5.75 Å². The highest BCUT2D eigenvalue weighted by atomic mass is 16.6. The number of para-hydroxylation sites is 1. The van der Waals surface area contributed by atoms with Crippen LogP contribution in [0.1, 0.15) is 31.8 Å². The second-order valence-electron chi connectivity index (χ2n) is 6.64. The van der Waals surface area contributed by atoms with E-state index in [4.69, 9.17) is 9.47 Å². The zero-order valence-electron chi connectivity index (χ0n) is 17.3. The van der Waals surface area contributed by atoms with Crippen LogP contribution in [0.4, 0.5) is 5.69 Å². The molecule has 3 aromatic rings. The molecule has 0 aliphatic rings. The fraction of sp³-hybridized carbons (Fsp3) is 0.0870. The Morgan fingerprint density at radius 1 is 1.03 bits per heavy atom. The number of carbonyl (C=O) groups is 2. The molecule has 0 aliphatic carbocycles. The first kappa shape index (κ1) is 22.2. The predicted octanol–water partition coefficient (Wildman–Crippen LogP) is 3.89. The van der Waals surface area contributed by atoms with Gasteiger partial charge in [-0.05, 0) is 49.4 Å². The molecule has 0 atom stereocenters. The van der Waals surface area contributed by atoms with Crippen LogP contribution in [0.3, 0.4) is 0 Å². The molecule has 0 fully saturated rings. The molecule has 9 nitrogen and oxygen atoms in total. The Bertz CT molecular complexity index is 1190. The summed E-state index contributed by atoms with van der Waals surface area (Å²) in [6, 6.07) is 17.2. The van der Waals surface area contributed by atoms with E-state index in [9.17, 15) is 19.7 Å². The highest BCUT2D eigenvalue weighted by Crippen LogP contribution is 2.30. The lowest BCUT2D eigenvalue weighted by Crippen LogP contribution is -2.17. The number of aryl methyl sites for hydroxylation is 1. The van der Waals surface area contributed by atoms with Gasteiger partial charge in [-0.3, -0.25) is 14.9 Å². The third-order valence-corrected chi connectivity index (χ3v) is 4.39. The monoisotopic (exact) mass is 433 g/mol. The van der Waals surface area contributed by atoms with Crippen molar-refractivity contribution in [1.29, 1.82) is 0 Å². The lowest BCUT2D eigenvalue weighted by molar-refractivity contribution is -0.385. The number of hydrazone groups is 1.